The fourth-order valence-electron chi connectivity index (χ4n) is 5.65. The number of tetrazole rings is 1. The Balaban J connectivity index is 1.23. The predicted molar refractivity (Wildman–Crippen MR) is 124 cm³/mol. The maximum absolute atomic E-state index is 12.9. The van der Waals surface area contributed by atoms with Crippen molar-refractivity contribution in [1.82, 2.24) is 25.5 Å². The van der Waals surface area contributed by atoms with Gasteiger partial charge in [-0.2, -0.15) is 4.68 Å². The fourth-order valence-corrected chi connectivity index (χ4v) is 5.65. The number of amides is 1. The van der Waals surface area contributed by atoms with Gasteiger partial charge >= 0.3 is 6.01 Å². The van der Waals surface area contributed by atoms with E-state index in [1.165, 1.54) is 0 Å². The molecule has 1 aliphatic carbocycles. The van der Waals surface area contributed by atoms with E-state index < -0.39 is 11.4 Å². The molecule has 5 rings (SSSR count). The molecule has 3 heterocycles. The molecule has 2 saturated heterocycles. The van der Waals surface area contributed by atoms with Gasteiger partial charge in [0, 0.05) is 38.2 Å². The van der Waals surface area contributed by atoms with Gasteiger partial charge in [-0.15, -0.1) is 0 Å². The molecule has 1 aromatic carbocycles. The number of aromatic nitrogens is 4. The van der Waals surface area contributed by atoms with Crippen molar-refractivity contribution in [1.29, 1.82) is 0 Å². The van der Waals surface area contributed by atoms with Crippen molar-refractivity contribution in [3.05, 3.63) is 24.3 Å². The summed E-state index contributed by atoms with van der Waals surface area (Å²) >= 11 is 0. The molecule has 0 spiro atoms. The van der Waals surface area contributed by atoms with Crippen molar-refractivity contribution < 1.29 is 28.9 Å². The van der Waals surface area contributed by atoms with Gasteiger partial charge < -0.3 is 34.3 Å². The van der Waals surface area contributed by atoms with Gasteiger partial charge in [0.05, 0.1) is 19.3 Å². The lowest BCUT2D eigenvalue weighted by Gasteiger charge is -2.29. The molecule has 0 bridgehead atoms. The molecule has 12 nitrogen and oxygen atoms in total. The number of rotatable bonds is 9. The number of ether oxygens (including phenoxy) is 3. The molecule has 3 aliphatic rings. The van der Waals surface area contributed by atoms with Crippen molar-refractivity contribution in [2.24, 2.45) is 5.41 Å². The molecule has 1 N–H and O–H groups in total. The summed E-state index contributed by atoms with van der Waals surface area (Å²) in [5.41, 5.74) is 0.455. The third-order valence-corrected chi connectivity index (χ3v) is 7.41. The van der Waals surface area contributed by atoms with Crippen LogP contribution in [0.25, 0.3) is 0 Å². The second-order valence-electron chi connectivity index (χ2n) is 10.2. The first kappa shape index (κ1) is 24.4. The third kappa shape index (κ3) is 5.00. The lowest BCUT2D eigenvalue weighted by molar-refractivity contribution is -0.308. The molecule has 1 aromatic heterocycles. The van der Waals surface area contributed by atoms with Gasteiger partial charge in [0.1, 0.15) is 24.0 Å². The molecular weight excluding hydrogens is 468 g/mol. The number of aliphatic carboxylic acids is 1. The van der Waals surface area contributed by atoms with Crippen LogP contribution in [-0.2, 0) is 19.1 Å². The van der Waals surface area contributed by atoms with E-state index in [0.717, 1.165) is 31.4 Å². The van der Waals surface area contributed by atoms with Crippen molar-refractivity contribution >= 4 is 17.6 Å². The number of carbonyl (C=O) groups excluding carboxylic acids is 2. The van der Waals surface area contributed by atoms with E-state index in [-0.39, 0.29) is 55.7 Å². The van der Waals surface area contributed by atoms with E-state index in [9.17, 15) is 14.7 Å². The highest BCUT2D eigenvalue weighted by atomic mass is 16.6. The normalized spacial score (nSPS) is 26.5. The zero-order valence-corrected chi connectivity index (χ0v) is 20.5. The smallest absolute Gasteiger partial charge is 0.341 e. The Morgan fingerprint density at radius 2 is 1.97 bits per heavy atom. The molecule has 36 heavy (non-hydrogen) atoms. The number of carbonyl (C=O) groups is 2. The molecule has 3 fully saturated rings. The first-order valence-electron chi connectivity index (χ1n) is 12.3. The van der Waals surface area contributed by atoms with Gasteiger partial charge in [-0.05, 0) is 47.2 Å². The Bertz CT molecular complexity index is 1100. The van der Waals surface area contributed by atoms with Crippen molar-refractivity contribution in [2.45, 2.75) is 62.8 Å². The number of hydrogen-bond acceptors (Lipinski definition) is 10. The number of hydrogen-bond donors (Lipinski definition) is 1. The van der Waals surface area contributed by atoms with Gasteiger partial charge in [-0.25, -0.2) is 0 Å². The maximum Gasteiger partial charge on any atom is 0.341 e. The summed E-state index contributed by atoms with van der Waals surface area (Å²) in [4.78, 5) is 26.1. The molecular formula is C24H31N6O6-. The number of nitrogens with zero attached hydrogens (tertiary/aromatic N) is 5. The average Bonchev–Trinajstić information content (AvgIpc) is 3.60. The molecule has 2 aliphatic heterocycles. The zero-order valence-electron chi connectivity index (χ0n) is 20.5. The number of carboxylic acid groups (broad SMARTS) is 1. The SMILES string of the molecule is CN(C)c1cccc(Oc2nnnn2[C@H]2CO[C@H]3[C@@H]2OC[C@@H]3NC(=O)CC2(CC(=O)[O-])CCCC2)c1. The monoisotopic (exact) mass is 499 g/mol. The van der Waals surface area contributed by atoms with Crippen LogP contribution < -0.4 is 20.1 Å². The van der Waals surface area contributed by atoms with E-state index in [1.807, 2.05) is 43.3 Å². The van der Waals surface area contributed by atoms with Gasteiger partial charge in [0.15, 0.2) is 0 Å². The van der Waals surface area contributed by atoms with Crippen molar-refractivity contribution in [3.8, 4) is 11.8 Å². The second kappa shape index (κ2) is 10.0. The standard InChI is InChI=1S/C24H32N6O6/c1-29(2)15-6-5-7-16(10-15)36-23-26-27-28-30(23)18-14-35-21-17(13-34-22(18)21)25-19(31)11-24(12-20(32)33)8-3-4-9-24/h5-7,10,17-18,21-22H,3-4,8-9,11-14H2,1-2H3,(H,25,31)(H,32,33)/p-1/t17-,18-,21+,22+/m0/s1. The van der Waals surface area contributed by atoms with Crippen LogP contribution in [0.5, 0.6) is 11.8 Å². The molecule has 2 aromatic rings. The minimum Gasteiger partial charge on any atom is -0.550 e. The first-order chi connectivity index (χ1) is 17.3. The Morgan fingerprint density at radius 1 is 1.19 bits per heavy atom. The first-order valence-corrected chi connectivity index (χ1v) is 12.3. The second-order valence-corrected chi connectivity index (χ2v) is 10.2. The van der Waals surface area contributed by atoms with Crippen LogP contribution in [0.3, 0.4) is 0 Å². The summed E-state index contributed by atoms with van der Waals surface area (Å²) in [7, 11) is 3.89. The molecule has 1 saturated carbocycles. The van der Waals surface area contributed by atoms with Gasteiger partial charge in [-0.3, -0.25) is 4.79 Å². The summed E-state index contributed by atoms with van der Waals surface area (Å²) in [6.07, 6.45) is 2.64. The Hall–Kier alpha value is -3.25. The summed E-state index contributed by atoms with van der Waals surface area (Å²) in [6.45, 7) is 0.587. The highest BCUT2D eigenvalue weighted by molar-refractivity contribution is 5.78. The van der Waals surface area contributed by atoms with Crippen molar-refractivity contribution in [2.75, 3.05) is 32.2 Å². The van der Waals surface area contributed by atoms with Gasteiger partial charge in [-0.1, -0.05) is 24.0 Å². The minimum absolute atomic E-state index is 0.0915. The van der Waals surface area contributed by atoms with Crippen LogP contribution in [0.2, 0.25) is 0 Å². The van der Waals surface area contributed by atoms with Crippen molar-refractivity contribution in [3.63, 3.8) is 0 Å². The molecule has 1 amide bonds. The summed E-state index contributed by atoms with van der Waals surface area (Å²) < 4.78 is 19.6. The third-order valence-electron chi connectivity index (χ3n) is 7.41. The Kier molecular flexibility index (Phi) is 6.80. The van der Waals surface area contributed by atoms with Crippen LogP contribution >= 0.6 is 0 Å². The maximum atomic E-state index is 12.9. The van der Waals surface area contributed by atoms with E-state index in [1.54, 1.807) is 4.68 Å². The summed E-state index contributed by atoms with van der Waals surface area (Å²) in [5, 5.41) is 26.2. The minimum atomic E-state index is -1.11. The Morgan fingerprint density at radius 3 is 2.72 bits per heavy atom. The molecule has 194 valence electrons. The van der Waals surface area contributed by atoms with E-state index >= 15 is 0 Å². The van der Waals surface area contributed by atoms with E-state index in [4.69, 9.17) is 14.2 Å². The molecule has 0 radical (unpaired) electrons. The molecule has 4 atom stereocenters. The predicted octanol–water partition coefficient (Wildman–Crippen LogP) is 0.445. The van der Waals surface area contributed by atoms with Crippen LogP contribution in [0.4, 0.5) is 5.69 Å². The highest BCUT2D eigenvalue weighted by Gasteiger charge is 2.50. The molecule has 12 heteroatoms. The molecule has 0 unspecified atom stereocenters. The highest BCUT2D eigenvalue weighted by Crippen LogP contribution is 2.44. The number of benzene rings is 1. The number of carboxylic acids is 1. The summed E-state index contributed by atoms with van der Waals surface area (Å²) in [5.74, 6) is -0.696. The fraction of sp³-hybridized carbons (Fsp3) is 0.625. The summed E-state index contributed by atoms with van der Waals surface area (Å²) in [6, 6.07) is 7.14. The zero-order chi connectivity index (χ0) is 25.3. The number of fused-ring (bicyclic) bond motifs is 1. The largest absolute Gasteiger partial charge is 0.550 e. The van der Waals surface area contributed by atoms with E-state index in [0.29, 0.717) is 12.4 Å². The van der Waals surface area contributed by atoms with Gasteiger partial charge in [0.2, 0.25) is 5.91 Å². The van der Waals surface area contributed by atoms with Crippen LogP contribution in [-0.4, -0.2) is 77.6 Å². The Labute approximate surface area is 208 Å². The lowest BCUT2D eigenvalue weighted by Crippen LogP contribution is -2.46. The number of anilines is 1. The number of nitrogens with one attached hydrogen (secondary N) is 1. The lowest BCUT2D eigenvalue weighted by atomic mass is 9.79. The quantitative estimate of drug-likeness (QED) is 0.516. The van der Waals surface area contributed by atoms with Gasteiger partial charge in [0.25, 0.3) is 0 Å². The topological polar surface area (TPSA) is 144 Å². The van der Waals surface area contributed by atoms with Crippen LogP contribution in [0, 0.1) is 5.41 Å². The van der Waals surface area contributed by atoms with Crippen LogP contribution in [0.15, 0.2) is 24.3 Å². The average molecular weight is 500 g/mol. The van der Waals surface area contributed by atoms with Crippen LogP contribution in [0.1, 0.15) is 44.6 Å². The van der Waals surface area contributed by atoms with E-state index in [2.05, 4.69) is 20.8 Å².